The molecule has 8 saturated carbocycles. The standard InChI is InChI=1S/C56H94N2O12/c59-54(53-31-40(11-30-52(53)55(60)61)35-68-67-34-39-9-5-2-6-10-39)57-46-18-26-50(27-19-46)69-48-22-14-41(15-23-48)42-16-24-49(25-17-42)70-51-28-20-47(21-29-51)58-65-36-45-32-43(12-13-44(45)37-66-63)56(62)64-33-38-7-3-1-4-8-38/h38-53,58,63H,1-37H2,(H,57,59)(H,60,61). The molecule has 1 amide bonds. The molecule has 0 aliphatic heterocycles. The number of ether oxygens (including phenoxy) is 3. The third-order valence-corrected chi connectivity index (χ3v) is 19.1. The summed E-state index contributed by atoms with van der Waals surface area (Å²) in [5.74, 6) is 0.738. The van der Waals surface area contributed by atoms with Gasteiger partial charge in [-0.3, -0.25) is 19.6 Å². The average molecular weight is 987 g/mol. The molecule has 8 aliphatic carbocycles. The van der Waals surface area contributed by atoms with Crippen LogP contribution in [-0.4, -0.2) is 97.7 Å². The van der Waals surface area contributed by atoms with E-state index in [1.807, 2.05) is 0 Å². The van der Waals surface area contributed by atoms with Crippen molar-refractivity contribution in [2.45, 2.75) is 242 Å². The summed E-state index contributed by atoms with van der Waals surface area (Å²) in [7, 11) is 0. The van der Waals surface area contributed by atoms with Gasteiger partial charge in [0.1, 0.15) is 0 Å². The molecule has 0 heterocycles. The third-order valence-electron chi connectivity index (χ3n) is 19.1. The molecule has 0 radical (unpaired) electrons. The Labute approximate surface area is 420 Å². The van der Waals surface area contributed by atoms with Crippen molar-refractivity contribution in [1.82, 2.24) is 10.8 Å². The summed E-state index contributed by atoms with van der Waals surface area (Å²) in [6, 6.07) is 0.367. The number of hydroxylamine groups is 1. The van der Waals surface area contributed by atoms with Gasteiger partial charge in [-0.05, 0) is 208 Å². The van der Waals surface area contributed by atoms with Gasteiger partial charge < -0.3 is 29.5 Å². The lowest BCUT2D eigenvalue weighted by atomic mass is 9.72. The number of aliphatic carboxylic acids is 1. The Hall–Kier alpha value is -1.91. The lowest BCUT2D eigenvalue weighted by Gasteiger charge is -2.40. The van der Waals surface area contributed by atoms with E-state index < -0.39 is 17.8 Å². The minimum atomic E-state index is -0.870. The Kier molecular flexibility index (Phi) is 22.3. The summed E-state index contributed by atoms with van der Waals surface area (Å²) in [6.45, 7) is 2.36. The number of hydrogen-bond acceptors (Lipinski definition) is 12. The van der Waals surface area contributed by atoms with Crippen LogP contribution >= 0.6 is 0 Å². The van der Waals surface area contributed by atoms with Crippen LogP contribution in [0.1, 0.15) is 205 Å². The molecule has 6 atom stereocenters. The first-order chi connectivity index (χ1) is 34.3. The molecule has 0 aromatic rings. The highest BCUT2D eigenvalue weighted by molar-refractivity contribution is 5.85. The monoisotopic (exact) mass is 987 g/mol. The second kappa shape index (κ2) is 28.7. The fourth-order valence-electron chi connectivity index (χ4n) is 14.5. The van der Waals surface area contributed by atoms with E-state index in [9.17, 15) is 24.7 Å². The Balaban J connectivity index is 0.651. The van der Waals surface area contributed by atoms with Crippen LogP contribution in [0.15, 0.2) is 0 Å². The number of carbonyl (C=O) groups excluding carboxylic acids is 2. The molecule has 400 valence electrons. The predicted octanol–water partition coefficient (Wildman–Crippen LogP) is 10.7. The maximum Gasteiger partial charge on any atom is 0.308 e. The Morgan fingerprint density at radius 2 is 0.986 bits per heavy atom. The average Bonchev–Trinajstić information content (AvgIpc) is 3.39. The highest BCUT2D eigenvalue weighted by Gasteiger charge is 2.41. The first-order valence-corrected chi connectivity index (χ1v) is 29.1. The molecular weight excluding hydrogens is 893 g/mol. The third kappa shape index (κ3) is 16.8. The number of amides is 1. The Morgan fingerprint density at radius 3 is 1.54 bits per heavy atom. The summed E-state index contributed by atoms with van der Waals surface area (Å²) in [5.41, 5.74) is 3.35. The van der Waals surface area contributed by atoms with Crippen molar-refractivity contribution in [3.63, 3.8) is 0 Å². The zero-order chi connectivity index (χ0) is 48.5. The number of carbonyl (C=O) groups is 3. The highest BCUT2D eigenvalue weighted by Crippen LogP contribution is 2.42. The molecule has 0 aromatic carbocycles. The first-order valence-electron chi connectivity index (χ1n) is 29.1. The van der Waals surface area contributed by atoms with Gasteiger partial charge in [0.15, 0.2) is 0 Å². The van der Waals surface area contributed by atoms with Crippen molar-refractivity contribution in [2.24, 2.45) is 59.2 Å². The van der Waals surface area contributed by atoms with Crippen molar-refractivity contribution in [3.8, 4) is 0 Å². The predicted molar refractivity (Wildman–Crippen MR) is 264 cm³/mol. The molecule has 8 fully saturated rings. The van der Waals surface area contributed by atoms with Crippen molar-refractivity contribution in [2.75, 3.05) is 33.0 Å². The fraction of sp³-hybridized carbons (Fsp3) is 0.946. The van der Waals surface area contributed by atoms with Crippen LogP contribution in [0, 0.1) is 59.2 Å². The molecule has 14 nitrogen and oxygen atoms in total. The molecule has 0 spiro atoms. The van der Waals surface area contributed by atoms with E-state index in [1.165, 1.54) is 103 Å². The number of nitrogens with one attached hydrogen (secondary N) is 2. The smallest absolute Gasteiger partial charge is 0.308 e. The zero-order valence-electron chi connectivity index (χ0n) is 42.9. The van der Waals surface area contributed by atoms with Gasteiger partial charge in [0.2, 0.25) is 5.91 Å². The van der Waals surface area contributed by atoms with Crippen LogP contribution < -0.4 is 10.8 Å². The van der Waals surface area contributed by atoms with Gasteiger partial charge in [-0.1, -0.05) is 38.5 Å². The van der Waals surface area contributed by atoms with E-state index in [0.29, 0.717) is 81.9 Å². The number of carboxylic acids is 1. The van der Waals surface area contributed by atoms with Crippen LogP contribution in [0.25, 0.3) is 0 Å². The molecule has 70 heavy (non-hydrogen) atoms. The highest BCUT2D eigenvalue weighted by atomic mass is 17.2. The first kappa shape index (κ1) is 54.4. The van der Waals surface area contributed by atoms with E-state index in [1.54, 1.807) is 0 Å². The lowest BCUT2D eigenvalue weighted by molar-refractivity contribution is -0.310. The van der Waals surface area contributed by atoms with Crippen LogP contribution in [0.2, 0.25) is 0 Å². The Morgan fingerprint density at radius 1 is 0.457 bits per heavy atom. The molecule has 8 rings (SSSR count). The molecule has 4 N–H and O–H groups in total. The van der Waals surface area contributed by atoms with Gasteiger partial charge in [-0.15, -0.1) is 0 Å². The maximum absolute atomic E-state index is 13.6. The van der Waals surface area contributed by atoms with E-state index in [0.717, 1.165) is 95.3 Å². The van der Waals surface area contributed by atoms with E-state index in [-0.39, 0.29) is 54.3 Å². The maximum atomic E-state index is 13.6. The van der Waals surface area contributed by atoms with Crippen molar-refractivity contribution >= 4 is 17.8 Å². The summed E-state index contributed by atoms with van der Waals surface area (Å²) < 4.78 is 19.3. The zero-order valence-corrected chi connectivity index (χ0v) is 42.9. The largest absolute Gasteiger partial charge is 0.481 e. The van der Waals surface area contributed by atoms with Crippen LogP contribution in [0.3, 0.4) is 0 Å². The van der Waals surface area contributed by atoms with Crippen LogP contribution in [0.5, 0.6) is 0 Å². The van der Waals surface area contributed by atoms with E-state index in [2.05, 4.69) is 15.7 Å². The van der Waals surface area contributed by atoms with Crippen molar-refractivity contribution in [3.05, 3.63) is 0 Å². The van der Waals surface area contributed by atoms with E-state index >= 15 is 0 Å². The lowest BCUT2D eigenvalue weighted by Crippen LogP contribution is -2.47. The molecule has 0 saturated heterocycles. The minimum Gasteiger partial charge on any atom is -0.481 e. The summed E-state index contributed by atoms with van der Waals surface area (Å²) in [5, 5.41) is 22.5. The molecular formula is C56H94N2O12. The SMILES string of the molecule is O=C(OCC1CCCCC1)C1CCC(COO)C(CONC2CCC(OC3CCC(C4CCC(OC5CCC(NC(=O)C6CC(COOCC7CCCCC7)CCC6C(=O)O)CC5)CC4)CC3)CC2)C1. The second-order valence-electron chi connectivity index (χ2n) is 24.0. The van der Waals surface area contributed by atoms with Gasteiger partial charge in [0, 0.05) is 12.1 Å². The normalized spacial score (nSPS) is 37.3. The summed E-state index contributed by atoms with van der Waals surface area (Å²) in [4.78, 5) is 60.7. The van der Waals surface area contributed by atoms with Crippen molar-refractivity contribution < 1.29 is 58.5 Å². The van der Waals surface area contributed by atoms with Crippen LogP contribution in [0.4, 0.5) is 0 Å². The van der Waals surface area contributed by atoms with Gasteiger partial charge in [0.05, 0.1) is 75.2 Å². The fourth-order valence-corrected chi connectivity index (χ4v) is 14.5. The molecule has 0 bridgehead atoms. The molecule has 14 heteroatoms. The number of carboxylic acid groups (broad SMARTS) is 1. The molecule has 0 aromatic heterocycles. The number of hydrogen-bond donors (Lipinski definition) is 4. The second-order valence-corrected chi connectivity index (χ2v) is 24.0. The summed E-state index contributed by atoms with van der Waals surface area (Å²) >= 11 is 0. The quantitative estimate of drug-likeness (QED) is 0.0349. The van der Waals surface area contributed by atoms with Gasteiger partial charge in [-0.2, -0.15) is 5.48 Å². The van der Waals surface area contributed by atoms with Crippen LogP contribution in [-0.2, 0) is 48.1 Å². The minimum absolute atomic E-state index is 0.0637. The Bertz CT molecular complexity index is 1530. The van der Waals surface area contributed by atoms with Gasteiger partial charge in [-0.25, -0.2) is 14.7 Å². The van der Waals surface area contributed by atoms with Crippen molar-refractivity contribution in [1.29, 1.82) is 0 Å². The van der Waals surface area contributed by atoms with Gasteiger partial charge in [0.25, 0.3) is 0 Å². The summed E-state index contributed by atoms with van der Waals surface area (Å²) in [6.07, 6.45) is 35.1. The van der Waals surface area contributed by atoms with E-state index in [4.69, 9.17) is 28.8 Å². The molecule has 6 unspecified atom stereocenters. The molecule has 8 aliphatic rings. The number of esters is 1. The van der Waals surface area contributed by atoms with Gasteiger partial charge >= 0.3 is 11.9 Å². The number of rotatable bonds is 22. The topological polar surface area (TPSA) is 180 Å².